The van der Waals surface area contributed by atoms with Gasteiger partial charge in [-0.25, -0.2) is 0 Å². The topological polar surface area (TPSA) is 56.8 Å². The van der Waals surface area contributed by atoms with E-state index in [0.717, 1.165) is 12.2 Å². The Labute approximate surface area is 58.2 Å². The molecule has 0 unspecified atom stereocenters. The van der Waals surface area contributed by atoms with E-state index >= 15 is 0 Å². The Kier molecular flexibility index (Phi) is 1.94. The molecule has 0 radical (unpaired) electrons. The lowest BCUT2D eigenvalue weighted by atomic mass is 10.4. The molecule has 10 heavy (non-hydrogen) atoms. The zero-order valence-corrected chi connectivity index (χ0v) is 5.61. The lowest BCUT2D eigenvalue weighted by Crippen LogP contribution is -2.09. The van der Waals surface area contributed by atoms with Crippen LogP contribution in [0.4, 0.5) is 5.88 Å². The minimum Gasteiger partial charge on any atom is -0.441 e. The van der Waals surface area contributed by atoms with E-state index in [0.29, 0.717) is 0 Å². The summed E-state index contributed by atoms with van der Waals surface area (Å²) >= 11 is 0. The molecule has 0 atom stereocenters. The van der Waals surface area contributed by atoms with Crippen molar-refractivity contribution >= 4 is 5.88 Å². The quantitative estimate of drug-likeness (QED) is 0.615. The third kappa shape index (κ3) is 1.29. The van der Waals surface area contributed by atoms with E-state index in [1.165, 1.54) is 6.07 Å². The summed E-state index contributed by atoms with van der Waals surface area (Å²) in [5.41, 5.74) is 0. The van der Waals surface area contributed by atoms with Gasteiger partial charge in [0.05, 0.1) is 0 Å². The van der Waals surface area contributed by atoms with Gasteiger partial charge >= 0.3 is 0 Å². The second kappa shape index (κ2) is 2.72. The average Bonchev–Trinajstić information content (AvgIpc) is 2.34. The maximum atomic E-state index is 8.43. The van der Waals surface area contributed by atoms with Crippen LogP contribution in [0.2, 0.25) is 0 Å². The van der Waals surface area contributed by atoms with Crippen LogP contribution in [0, 0.1) is 0 Å². The first-order valence-corrected chi connectivity index (χ1v) is 3.00. The van der Waals surface area contributed by atoms with E-state index in [4.69, 9.17) is 14.8 Å². The molecule has 1 rings (SSSR count). The van der Waals surface area contributed by atoms with Crippen LogP contribution in [0.25, 0.3) is 0 Å². The molecule has 1 heterocycles. The van der Waals surface area contributed by atoms with Crippen molar-refractivity contribution in [1.29, 1.82) is 0 Å². The zero-order chi connectivity index (χ0) is 7.56. The summed E-state index contributed by atoms with van der Waals surface area (Å²) in [4.78, 5) is 0. The Bertz CT molecular complexity index is 207. The minimum absolute atomic E-state index is 0.0388. The SMILES string of the molecule is CCc1ccc(N(O)O)o1. The van der Waals surface area contributed by atoms with Crippen LogP contribution < -0.4 is 5.23 Å². The number of rotatable bonds is 2. The summed E-state index contributed by atoms with van der Waals surface area (Å²) in [6, 6.07) is 3.17. The predicted octanol–water partition coefficient (Wildman–Crippen LogP) is 1.43. The highest BCUT2D eigenvalue weighted by molar-refractivity contribution is 5.29. The van der Waals surface area contributed by atoms with Gasteiger partial charge in [-0.15, -0.1) is 0 Å². The monoisotopic (exact) mass is 143 g/mol. The predicted molar refractivity (Wildman–Crippen MR) is 34.1 cm³/mol. The molecule has 0 saturated carbocycles. The van der Waals surface area contributed by atoms with Crippen LogP contribution >= 0.6 is 0 Å². The first-order chi connectivity index (χ1) is 4.74. The van der Waals surface area contributed by atoms with Gasteiger partial charge in [0.1, 0.15) is 5.76 Å². The molecule has 0 saturated heterocycles. The standard InChI is InChI=1S/C6H9NO3/c1-2-5-3-4-6(10-5)7(8)9/h3-4,8-9H,2H2,1H3. The highest BCUT2D eigenvalue weighted by atomic mass is 16.8. The largest absolute Gasteiger partial charge is 0.441 e. The third-order valence-electron chi connectivity index (χ3n) is 1.19. The van der Waals surface area contributed by atoms with Gasteiger partial charge < -0.3 is 4.42 Å². The van der Waals surface area contributed by atoms with Crippen molar-refractivity contribution in [1.82, 2.24) is 0 Å². The number of anilines is 1. The van der Waals surface area contributed by atoms with Crippen molar-refractivity contribution in [3.8, 4) is 0 Å². The Morgan fingerprint density at radius 2 is 2.20 bits per heavy atom. The molecule has 0 fully saturated rings. The lowest BCUT2D eigenvalue weighted by molar-refractivity contribution is 0.0170. The number of hydrogen-bond donors (Lipinski definition) is 2. The lowest BCUT2D eigenvalue weighted by Gasteiger charge is -2.00. The zero-order valence-electron chi connectivity index (χ0n) is 5.61. The van der Waals surface area contributed by atoms with Crippen LogP contribution in [-0.2, 0) is 6.42 Å². The van der Waals surface area contributed by atoms with Gasteiger partial charge in [-0.1, -0.05) is 12.2 Å². The maximum Gasteiger partial charge on any atom is 0.246 e. The fraction of sp³-hybridized carbons (Fsp3) is 0.333. The van der Waals surface area contributed by atoms with E-state index in [2.05, 4.69) is 0 Å². The molecule has 0 aliphatic rings. The van der Waals surface area contributed by atoms with Gasteiger partial charge in [-0.05, 0) is 6.07 Å². The summed E-state index contributed by atoms with van der Waals surface area (Å²) in [6.07, 6.45) is 0.744. The number of hydrogen-bond acceptors (Lipinski definition) is 4. The Hall–Kier alpha value is -1.00. The summed E-state index contributed by atoms with van der Waals surface area (Å²) in [7, 11) is 0. The van der Waals surface area contributed by atoms with Crippen molar-refractivity contribution in [3.05, 3.63) is 17.9 Å². The molecule has 0 spiro atoms. The summed E-state index contributed by atoms with van der Waals surface area (Å²) in [6.45, 7) is 1.92. The van der Waals surface area contributed by atoms with Gasteiger partial charge in [0.25, 0.3) is 0 Å². The Morgan fingerprint density at radius 3 is 2.50 bits per heavy atom. The smallest absolute Gasteiger partial charge is 0.246 e. The summed E-state index contributed by atoms with van der Waals surface area (Å²) in [5.74, 6) is 0.764. The molecule has 1 aromatic rings. The second-order valence-electron chi connectivity index (χ2n) is 1.88. The normalized spacial score (nSPS) is 9.90. The molecule has 0 bridgehead atoms. The minimum atomic E-state index is -0.0425. The Morgan fingerprint density at radius 1 is 1.50 bits per heavy atom. The summed E-state index contributed by atoms with van der Waals surface area (Å²) in [5, 5.41) is 16.8. The van der Waals surface area contributed by atoms with E-state index < -0.39 is 0 Å². The highest BCUT2D eigenvalue weighted by Gasteiger charge is 2.03. The van der Waals surface area contributed by atoms with Crippen LogP contribution in [0.5, 0.6) is 0 Å². The van der Waals surface area contributed by atoms with Crippen LogP contribution in [0.3, 0.4) is 0 Å². The van der Waals surface area contributed by atoms with Crippen LogP contribution in [0.15, 0.2) is 16.5 Å². The van der Waals surface area contributed by atoms with Gasteiger partial charge in [-0.2, -0.15) is 0 Å². The molecule has 0 aromatic carbocycles. The van der Waals surface area contributed by atoms with E-state index in [-0.39, 0.29) is 11.1 Å². The molecular weight excluding hydrogens is 134 g/mol. The first-order valence-electron chi connectivity index (χ1n) is 3.00. The third-order valence-corrected chi connectivity index (χ3v) is 1.19. The second-order valence-corrected chi connectivity index (χ2v) is 1.88. The van der Waals surface area contributed by atoms with E-state index in [1.54, 1.807) is 6.07 Å². The molecule has 56 valence electrons. The van der Waals surface area contributed by atoms with Gasteiger partial charge in [0.15, 0.2) is 0 Å². The maximum absolute atomic E-state index is 8.43. The van der Waals surface area contributed by atoms with Crippen LogP contribution in [-0.4, -0.2) is 10.4 Å². The molecule has 0 aliphatic heterocycles. The molecule has 1 aromatic heterocycles. The van der Waals surface area contributed by atoms with Gasteiger partial charge in [0.2, 0.25) is 5.88 Å². The Balaban J connectivity index is 2.78. The fourth-order valence-electron chi connectivity index (χ4n) is 0.664. The van der Waals surface area contributed by atoms with Gasteiger partial charge in [-0.3, -0.25) is 10.4 Å². The molecule has 0 aliphatic carbocycles. The number of nitrogens with zero attached hydrogens (tertiary/aromatic N) is 1. The van der Waals surface area contributed by atoms with Crippen molar-refractivity contribution in [2.75, 3.05) is 5.23 Å². The molecule has 4 nitrogen and oxygen atoms in total. The molecule has 0 amide bonds. The molecular formula is C6H9NO3. The summed E-state index contributed by atoms with van der Waals surface area (Å²) < 4.78 is 4.92. The fourth-order valence-corrected chi connectivity index (χ4v) is 0.664. The van der Waals surface area contributed by atoms with Crippen LogP contribution in [0.1, 0.15) is 12.7 Å². The highest BCUT2D eigenvalue weighted by Crippen LogP contribution is 2.15. The van der Waals surface area contributed by atoms with Crippen molar-refractivity contribution in [2.45, 2.75) is 13.3 Å². The van der Waals surface area contributed by atoms with Gasteiger partial charge in [0, 0.05) is 12.5 Å². The van der Waals surface area contributed by atoms with Crippen molar-refractivity contribution in [3.63, 3.8) is 0 Å². The number of aryl methyl sites for hydroxylation is 1. The molecule has 2 N–H and O–H groups in total. The van der Waals surface area contributed by atoms with E-state index in [9.17, 15) is 0 Å². The number of furan rings is 1. The van der Waals surface area contributed by atoms with Crippen molar-refractivity contribution < 1.29 is 14.8 Å². The van der Waals surface area contributed by atoms with Crippen molar-refractivity contribution in [2.24, 2.45) is 0 Å². The average molecular weight is 143 g/mol. The first kappa shape index (κ1) is 7.11. The molecule has 4 heteroatoms. The van der Waals surface area contributed by atoms with E-state index in [1.807, 2.05) is 6.92 Å².